The van der Waals surface area contributed by atoms with Gasteiger partial charge in [0.25, 0.3) is 0 Å². The molecule has 0 fully saturated rings. The summed E-state index contributed by atoms with van der Waals surface area (Å²) in [6, 6.07) is 11.7. The third-order valence-electron chi connectivity index (χ3n) is 7.92. The molecular formula is C33H46ClN5O5. The lowest BCUT2D eigenvalue weighted by Gasteiger charge is -2.35. The maximum absolute atomic E-state index is 13.9. The van der Waals surface area contributed by atoms with Crippen LogP contribution in [0.4, 0.5) is 4.79 Å². The van der Waals surface area contributed by atoms with Gasteiger partial charge in [0.05, 0.1) is 36.2 Å². The first-order valence-corrected chi connectivity index (χ1v) is 15.2. The number of rotatable bonds is 12. The summed E-state index contributed by atoms with van der Waals surface area (Å²) in [5.74, 6) is -0.244. The SMILES string of the molecule is CCNC(=O)[C@H](NC(=O)C(C)(COC)c1ccc2nc([C@@H](NC(=O)OC)[C@H](c3ccccc3Cl)C(C)C)[nH]c2c1)C(C)(C)C. The Labute approximate surface area is 265 Å². The molecule has 4 atom stereocenters. The van der Waals surface area contributed by atoms with Crippen molar-refractivity contribution in [3.63, 3.8) is 0 Å². The van der Waals surface area contributed by atoms with Gasteiger partial charge in [0.1, 0.15) is 11.9 Å². The van der Waals surface area contributed by atoms with Crippen molar-refractivity contribution in [2.75, 3.05) is 27.4 Å². The lowest BCUT2D eigenvalue weighted by atomic mass is 9.80. The molecular weight excluding hydrogens is 582 g/mol. The third-order valence-corrected chi connectivity index (χ3v) is 8.27. The number of hydrogen-bond donors (Lipinski definition) is 4. The van der Waals surface area contributed by atoms with Crippen LogP contribution in [0, 0.1) is 11.3 Å². The number of carbonyl (C=O) groups excluding carboxylic acids is 3. The van der Waals surface area contributed by atoms with E-state index in [1.807, 2.05) is 70.2 Å². The van der Waals surface area contributed by atoms with E-state index >= 15 is 0 Å². The lowest BCUT2D eigenvalue weighted by molar-refractivity contribution is -0.135. The van der Waals surface area contributed by atoms with Crippen molar-refractivity contribution in [1.29, 1.82) is 0 Å². The maximum Gasteiger partial charge on any atom is 0.407 e. The number of alkyl carbamates (subject to hydrolysis) is 1. The van der Waals surface area contributed by atoms with Crippen LogP contribution in [0.2, 0.25) is 5.02 Å². The summed E-state index contributed by atoms with van der Waals surface area (Å²) in [4.78, 5) is 47.6. The molecule has 0 aliphatic rings. The van der Waals surface area contributed by atoms with E-state index in [0.717, 1.165) is 5.56 Å². The van der Waals surface area contributed by atoms with Gasteiger partial charge in [-0.1, -0.05) is 70.5 Å². The van der Waals surface area contributed by atoms with Gasteiger partial charge in [0, 0.05) is 24.6 Å². The average Bonchev–Trinajstić information content (AvgIpc) is 3.39. The molecule has 0 spiro atoms. The van der Waals surface area contributed by atoms with Crippen molar-refractivity contribution < 1.29 is 23.9 Å². The molecule has 0 aliphatic carbocycles. The van der Waals surface area contributed by atoms with E-state index < -0.39 is 29.0 Å². The van der Waals surface area contributed by atoms with E-state index in [1.54, 1.807) is 6.92 Å². The number of imidazole rings is 1. The number of halogens is 1. The fourth-order valence-electron chi connectivity index (χ4n) is 5.51. The normalized spacial score (nSPS) is 15.2. The molecule has 0 saturated carbocycles. The fourth-order valence-corrected chi connectivity index (χ4v) is 5.78. The van der Waals surface area contributed by atoms with Crippen LogP contribution in [-0.2, 0) is 24.5 Å². The van der Waals surface area contributed by atoms with E-state index in [4.69, 9.17) is 26.1 Å². The molecule has 1 aromatic heterocycles. The predicted molar refractivity (Wildman–Crippen MR) is 173 cm³/mol. The average molecular weight is 628 g/mol. The molecule has 0 bridgehead atoms. The Morgan fingerprint density at radius 1 is 1.02 bits per heavy atom. The van der Waals surface area contributed by atoms with Crippen molar-refractivity contribution in [3.8, 4) is 0 Å². The van der Waals surface area contributed by atoms with E-state index in [9.17, 15) is 14.4 Å². The first-order valence-electron chi connectivity index (χ1n) is 14.8. The second kappa shape index (κ2) is 14.4. The molecule has 2 aromatic carbocycles. The Bertz CT molecular complexity index is 1470. The van der Waals surface area contributed by atoms with Crippen LogP contribution in [0.15, 0.2) is 42.5 Å². The topological polar surface area (TPSA) is 134 Å². The minimum absolute atomic E-state index is 0.0650. The number of benzene rings is 2. The minimum atomic E-state index is -1.13. The van der Waals surface area contributed by atoms with Gasteiger partial charge in [-0.15, -0.1) is 0 Å². The summed E-state index contributed by atoms with van der Waals surface area (Å²) in [5, 5.41) is 9.35. The number of methoxy groups -OCH3 is 2. The van der Waals surface area contributed by atoms with E-state index in [-0.39, 0.29) is 30.3 Å². The van der Waals surface area contributed by atoms with Crippen LogP contribution in [0.3, 0.4) is 0 Å². The van der Waals surface area contributed by atoms with Crippen LogP contribution in [0.5, 0.6) is 0 Å². The third kappa shape index (κ3) is 7.71. The molecule has 4 N–H and O–H groups in total. The molecule has 240 valence electrons. The van der Waals surface area contributed by atoms with Gasteiger partial charge >= 0.3 is 6.09 Å². The van der Waals surface area contributed by atoms with Gasteiger partial charge < -0.3 is 30.4 Å². The predicted octanol–water partition coefficient (Wildman–Crippen LogP) is 5.62. The number of aromatic amines is 1. The molecule has 3 rings (SSSR count). The second-order valence-corrected chi connectivity index (χ2v) is 13.1. The Morgan fingerprint density at radius 2 is 1.70 bits per heavy atom. The molecule has 1 heterocycles. The zero-order valence-corrected chi connectivity index (χ0v) is 27.9. The number of aromatic nitrogens is 2. The van der Waals surface area contributed by atoms with Gasteiger partial charge in [0.15, 0.2) is 0 Å². The highest BCUT2D eigenvalue weighted by molar-refractivity contribution is 6.31. The first-order chi connectivity index (χ1) is 20.7. The van der Waals surface area contributed by atoms with Gasteiger partial charge in [-0.3, -0.25) is 9.59 Å². The largest absolute Gasteiger partial charge is 0.453 e. The van der Waals surface area contributed by atoms with Gasteiger partial charge in [-0.25, -0.2) is 9.78 Å². The lowest BCUT2D eigenvalue weighted by Crippen LogP contribution is -2.58. The van der Waals surface area contributed by atoms with Crippen molar-refractivity contribution >= 4 is 40.5 Å². The number of fused-ring (bicyclic) bond motifs is 1. The summed E-state index contributed by atoms with van der Waals surface area (Å²) in [7, 11) is 2.85. The summed E-state index contributed by atoms with van der Waals surface area (Å²) in [5.41, 5.74) is 1.20. The Morgan fingerprint density at radius 3 is 2.27 bits per heavy atom. The molecule has 11 heteroatoms. The van der Waals surface area contributed by atoms with Gasteiger partial charge in [0.2, 0.25) is 11.8 Å². The summed E-state index contributed by atoms with van der Waals surface area (Å²) in [6.45, 7) is 14.0. The molecule has 10 nitrogen and oxygen atoms in total. The van der Waals surface area contributed by atoms with Crippen molar-refractivity contribution in [2.45, 2.75) is 71.9 Å². The highest BCUT2D eigenvalue weighted by Gasteiger charge is 2.41. The number of nitrogens with zero attached hydrogens (tertiary/aromatic N) is 1. The maximum atomic E-state index is 13.9. The molecule has 3 amide bonds. The number of likely N-dealkylation sites (N-methyl/N-ethyl adjacent to an activating group) is 1. The van der Waals surface area contributed by atoms with Crippen molar-refractivity contribution in [2.24, 2.45) is 11.3 Å². The number of hydrogen-bond acceptors (Lipinski definition) is 6. The molecule has 3 aromatic rings. The van der Waals surface area contributed by atoms with Crippen LogP contribution in [0.1, 0.15) is 77.4 Å². The standard InChI is InChI=1S/C33H46ClN5O5/c1-10-35-29(40)27(32(4,5)6)39-30(41)33(7,18-43-8)20-15-16-23-24(17-20)37-28(36-23)26(38-31(42)44-9)25(19(2)3)21-13-11-12-14-22(21)34/h11-17,19,25-27H,10,18H2,1-9H3,(H,35,40)(H,36,37)(H,38,42)(H,39,41)/t25-,26-,27-,33?/m0/s1. The summed E-state index contributed by atoms with van der Waals surface area (Å²) >= 11 is 6.63. The molecule has 44 heavy (non-hydrogen) atoms. The fraction of sp³-hybridized carbons (Fsp3) is 0.515. The van der Waals surface area contributed by atoms with Crippen molar-refractivity contribution in [3.05, 3.63) is 64.4 Å². The quantitative estimate of drug-likeness (QED) is 0.206. The van der Waals surface area contributed by atoms with Crippen molar-refractivity contribution in [1.82, 2.24) is 25.9 Å². The first kappa shape index (κ1) is 34.9. The Kier molecular flexibility index (Phi) is 11.4. The Balaban J connectivity index is 2.09. The zero-order valence-electron chi connectivity index (χ0n) is 27.1. The second-order valence-electron chi connectivity index (χ2n) is 12.7. The van der Waals surface area contributed by atoms with Crippen LogP contribution < -0.4 is 16.0 Å². The highest BCUT2D eigenvalue weighted by atomic mass is 35.5. The number of nitrogens with one attached hydrogen (secondary N) is 4. The molecule has 0 aliphatic heterocycles. The number of carbonyl (C=O) groups is 3. The molecule has 1 unspecified atom stereocenters. The van der Waals surface area contributed by atoms with E-state index in [1.165, 1.54) is 14.2 Å². The van der Waals surface area contributed by atoms with E-state index in [0.29, 0.717) is 34.0 Å². The smallest absolute Gasteiger partial charge is 0.407 e. The number of H-pyrrole nitrogens is 1. The van der Waals surface area contributed by atoms with Crippen LogP contribution in [-0.4, -0.2) is 61.3 Å². The number of amides is 3. The highest BCUT2D eigenvalue weighted by Crippen LogP contribution is 2.40. The Hall–Kier alpha value is -3.63. The molecule has 0 radical (unpaired) electrons. The van der Waals surface area contributed by atoms with Crippen LogP contribution in [0.25, 0.3) is 11.0 Å². The van der Waals surface area contributed by atoms with Crippen LogP contribution >= 0.6 is 11.6 Å². The van der Waals surface area contributed by atoms with Gasteiger partial charge in [-0.2, -0.15) is 0 Å². The molecule has 0 saturated heterocycles. The number of ether oxygens (including phenoxy) is 2. The zero-order chi connectivity index (χ0) is 32.8. The minimum Gasteiger partial charge on any atom is -0.453 e. The summed E-state index contributed by atoms with van der Waals surface area (Å²) < 4.78 is 10.5. The van der Waals surface area contributed by atoms with E-state index in [2.05, 4.69) is 34.8 Å². The van der Waals surface area contributed by atoms with Gasteiger partial charge in [-0.05, 0) is 54.5 Å². The summed E-state index contributed by atoms with van der Waals surface area (Å²) in [6.07, 6.45) is -0.598. The monoisotopic (exact) mass is 627 g/mol.